The number of hydrogen-bond donors (Lipinski definition) is 0. The van der Waals surface area contributed by atoms with Crippen LogP contribution in [0.2, 0.25) is 0 Å². The number of halogens is 2. The van der Waals surface area contributed by atoms with E-state index in [0.29, 0.717) is 0 Å². The molecule has 3 rings (SSSR count). The van der Waals surface area contributed by atoms with Crippen molar-refractivity contribution in [2.75, 3.05) is 0 Å². The van der Waals surface area contributed by atoms with Gasteiger partial charge in [-0.05, 0) is 0 Å². The van der Waals surface area contributed by atoms with E-state index in [-0.39, 0.29) is 0 Å². The predicted molar refractivity (Wildman–Crippen MR) is 103 cm³/mol. The van der Waals surface area contributed by atoms with E-state index < -0.39 is 20.8 Å². The molecule has 3 aromatic carbocycles. The monoisotopic (exact) mass is 447 g/mol. The summed E-state index contributed by atoms with van der Waals surface area (Å²) in [6.45, 7) is 0. The average molecular weight is 447 g/mol. The first-order valence-electron chi connectivity index (χ1n) is 7.13. The molecule has 0 aliphatic heterocycles. The fraction of sp³-hybridized carbons (Fsp3) is 0. The first-order chi connectivity index (χ1) is 11.2. The zero-order valence-corrected chi connectivity index (χ0v) is 16.4. The van der Waals surface area contributed by atoms with E-state index in [1.807, 2.05) is 18.2 Å². The second kappa shape index (κ2) is 7.82. The molecule has 3 aromatic rings. The Kier molecular flexibility index (Phi) is 5.78. The van der Waals surface area contributed by atoms with Crippen molar-refractivity contribution in [1.82, 2.24) is 0 Å². The minimum atomic E-state index is -1.98. The molecular formula is C19H16Cl2PRu+. The first kappa shape index (κ1) is 17.0. The Balaban J connectivity index is 2.38. The van der Waals surface area contributed by atoms with Gasteiger partial charge in [0.05, 0.1) is 0 Å². The molecule has 0 nitrogen and oxygen atoms in total. The molecular weight excluding hydrogens is 431 g/mol. The van der Waals surface area contributed by atoms with E-state index in [2.05, 4.69) is 77.1 Å². The van der Waals surface area contributed by atoms with Crippen molar-refractivity contribution in [3.63, 3.8) is 0 Å². The van der Waals surface area contributed by atoms with Crippen LogP contribution >= 0.6 is 26.6 Å². The maximum atomic E-state index is 6.39. The van der Waals surface area contributed by atoms with Gasteiger partial charge in [0.1, 0.15) is 0 Å². The van der Waals surface area contributed by atoms with Crippen LogP contribution in [0.4, 0.5) is 0 Å². The summed E-state index contributed by atoms with van der Waals surface area (Å²) >= 11 is -1.98. The van der Waals surface area contributed by atoms with Gasteiger partial charge in [-0.3, -0.25) is 0 Å². The van der Waals surface area contributed by atoms with Crippen molar-refractivity contribution >= 4 is 46.9 Å². The van der Waals surface area contributed by atoms with Crippen LogP contribution in [0.15, 0.2) is 91.0 Å². The molecule has 4 heteroatoms. The van der Waals surface area contributed by atoms with Crippen molar-refractivity contribution in [3.05, 3.63) is 91.0 Å². The van der Waals surface area contributed by atoms with E-state index in [0.717, 1.165) is 0 Å². The van der Waals surface area contributed by atoms with Gasteiger partial charge in [-0.15, -0.1) is 0 Å². The van der Waals surface area contributed by atoms with E-state index in [9.17, 15) is 0 Å². The molecule has 0 atom stereocenters. The molecule has 0 fully saturated rings. The quantitative estimate of drug-likeness (QED) is 0.403. The van der Waals surface area contributed by atoms with Crippen LogP contribution in [-0.4, -0.2) is 4.35 Å². The van der Waals surface area contributed by atoms with Gasteiger partial charge < -0.3 is 0 Å². The second-order valence-electron chi connectivity index (χ2n) is 5.03. The third kappa shape index (κ3) is 3.65. The fourth-order valence-corrected chi connectivity index (χ4v) is 13.6. The van der Waals surface area contributed by atoms with Gasteiger partial charge in [0, 0.05) is 0 Å². The van der Waals surface area contributed by atoms with Gasteiger partial charge in [0.15, 0.2) is 0 Å². The molecule has 0 spiro atoms. The Morgan fingerprint density at radius 1 is 0.565 bits per heavy atom. The Morgan fingerprint density at radius 3 is 1.13 bits per heavy atom. The van der Waals surface area contributed by atoms with Crippen LogP contribution in [0.25, 0.3) is 0 Å². The topological polar surface area (TPSA) is 0 Å². The van der Waals surface area contributed by atoms with Crippen LogP contribution in [-0.2, 0) is 13.5 Å². The molecule has 118 valence electrons. The summed E-state index contributed by atoms with van der Waals surface area (Å²) in [5.74, 6) is 0. The molecule has 0 saturated carbocycles. The van der Waals surface area contributed by atoms with Crippen LogP contribution < -0.4 is 15.9 Å². The molecule has 0 amide bonds. The molecule has 0 aliphatic carbocycles. The fourth-order valence-electron chi connectivity index (χ4n) is 2.70. The van der Waals surface area contributed by atoms with Crippen molar-refractivity contribution in [1.29, 1.82) is 0 Å². The van der Waals surface area contributed by atoms with E-state index >= 15 is 0 Å². The summed E-state index contributed by atoms with van der Waals surface area (Å²) in [5.41, 5.74) is 0. The summed E-state index contributed by atoms with van der Waals surface area (Å²) in [7, 11) is 10.9. The zero-order valence-electron chi connectivity index (χ0n) is 12.3. The normalized spacial score (nSPS) is 11.8. The molecule has 0 N–H and O–H groups in total. The molecule has 0 saturated heterocycles. The minimum absolute atomic E-state index is 1.29. The summed E-state index contributed by atoms with van der Waals surface area (Å²) in [6, 6.07) is 31.8. The summed E-state index contributed by atoms with van der Waals surface area (Å²) in [4.78, 5) is 0. The Labute approximate surface area is 150 Å². The van der Waals surface area contributed by atoms with Crippen LogP contribution in [0.3, 0.4) is 0 Å². The first-order valence-corrected chi connectivity index (χ1v) is 14.5. The molecule has 0 heterocycles. The van der Waals surface area contributed by atoms with Gasteiger partial charge >= 0.3 is 151 Å². The van der Waals surface area contributed by atoms with Gasteiger partial charge in [-0.25, -0.2) is 0 Å². The Morgan fingerprint density at radius 2 is 0.870 bits per heavy atom. The van der Waals surface area contributed by atoms with Crippen LogP contribution in [0.5, 0.6) is 0 Å². The molecule has 0 aliphatic rings. The SMILES string of the molecule is [Cl][Ru]([Cl])=[CH][P+](c1ccccc1)(c1ccccc1)c1ccccc1. The summed E-state index contributed by atoms with van der Waals surface area (Å²) in [6.07, 6.45) is 0. The van der Waals surface area contributed by atoms with E-state index in [1.165, 1.54) is 15.9 Å². The van der Waals surface area contributed by atoms with Gasteiger partial charge in [0.2, 0.25) is 0 Å². The maximum absolute atomic E-state index is 6.39. The van der Waals surface area contributed by atoms with Crippen molar-refractivity contribution in [3.8, 4) is 0 Å². The van der Waals surface area contributed by atoms with Crippen LogP contribution in [0, 0.1) is 0 Å². The zero-order chi connectivity index (χ0) is 16.1. The average Bonchev–Trinajstić information content (AvgIpc) is 2.62. The van der Waals surface area contributed by atoms with Gasteiger partial charge in [-0.1, -0.05) is 0 Å². The molecule has 0 radical (unpaired) electrons. The number of hydrogen-bond acceptors (Lipinski definition) is 0. The third-order valence-electron chi connectivity index (χ3n) is 3.70. The molecule has 0 unspecified atom stereocenters. The molecule has 23 heavy (non-hydrogen) atoms. The van der Waals surface area contributed by atoms with E-state index in [1.54, 1.807) is 0 Å². The summed E-state index contributed by atoms with van der Waals surface area (Å²) in [5, 5.41) is 3.87. The van der Waals surface area contributed by atoms with Crippen molar-refractivity contribution in [2.24, 2.45) is 0 Å². The molecule has 0 bridgehead atoms. The third-order valence-corrected chi connectivity index (χ3v) is 12.9. The van der Waals surface area contributed by atoms with Crippen molar-refractivity contribution < 1.29 is 13.5 Å². The van der Waals surface area contributed by atoms with Gasteiger partial charge in [-0.2, -0.15) is 0 Å². The van der Waals surface area contributed by atoms with Crippen LogP contribution in [0.1, 0.15) is 0 Å². The Hall–Kier alpha value is -0.837. The number of rotatable bonds is 4. The second-order valence-corrected chi connectivity index (χ2v) is 14.8. The van der Waals surface area contributed by atoms with Gasteiger partial charge in [0.25, 0.3) is 0 Å². The Bertz CT molecular complexity index is 689. The van der Waals surface area contributed by atoms with E-state index in [4.69, 9.17) is 19.4 Å². The molecule has 0 aromatic heterocycles. The summed E-state index contributed by atoms with van der Waals surface area (Å²) < 4.78 is 2.25. The predicted octanol–water partition coefficient (Wildman–Crippen LogP) is 4.67. The van der Waals surface area contributed by atoms with Crippen molar-refractivity contribution in [2.45, 2.75) is 0 Å². The number of benzene rings is 3. The standard InChI is InChI=1S/C19H16P.2ClH.Ru/c1-20(17-11-5-2-6-12-17,18-13-7-3-8-14-18)19-15-9-4-10-16-19;;;/h1-16H;2*1H;/q+1;;;+2/p-2.